The quantitative estimate of drug-likeness (QED) is 0.675. The van der Waals surface area contributed by atoms with Gasteiger partial charge in [0.05, 0.1) is 6.04 Å². The van der Waals surface area contributed by atoms with Crippen molar-refractivity contribution in [1.29, 1.82) is 0 Å². The molecular weight excluding hydrogens is 176 g/mol. The second-order valence-electron chi connectivity index (χ2n) is 4.87. The van der Waals surface area contributed by atoms with E-state index in [1.165, 1.54) is 19.3 Å². The van der Waals surface area contributed by atoms with E-state index in [4.69, 9.17) is 5.73 Å². The fourth-order valence-electron chi connectivity index (χ4n) is 1.83. The summed E-state index contributed by atoms with van der Waals surface area (Å²) in [6.45, 7) is 6.18. The second kappa shape index (κ2) is 4.78. The lowest BCUT2D eigenvalue weighted by molar-refractivity contribution is -0.121. The van der Waals surface area contributed by atoms with Gasteiger partial charge in [-0.05, 0) is 25.2 Å². The highest BCUT2D eigenvalue weighted by molar-refractivity contribution is 5.80. The molecule has 82 valence electrons. The van der Waals surface area contributed by atoms with Crippen molar-refractivity contribution in [2.75, 3.05) is 0 Å². The van der Waals surface area contributed by atoms with Crippen LogP contribution in [0.3, 0.4) is 0 Å². The summed E-state index contributed by atoms with van der Waals surface area (Å²) in [7, 11) is 0. The van der Waals surface area contributed by atoms with E-state index in [-0.39, 0.29) is 17.9 Å². The highest BCUT2D eigenvalue weighted by Gasteiger charge is 2.26. The largest absolute Gasteiger partial charge is 0.368 e. The number of amides is 1. The van der Waals surface area contributed by atoms with Gasteiger partial charge in [-0.25, -0.2) is 0 Å². The molecule has 1 fully saturated rings. The molecule has 0 heterocycles. The molecule has 0 bridgehead atoms. The van der Waals surface area contributed by atoms with Crippen LogP contribution in [0.25, 0.3) is 0 Å². The van der Waals surface area contributed by atoms with E-state index in [1.807, 2.05) is 13.8 Å². The number of hydrogen-bond acceptors (Lipinski definition) is 2. The van der Waals surface area contributed by atoms with Crippen LogP contribution >= 0.6 is 0 Å². The normalized spacial score (nSPS) is 20.9. The van der Waals surface area contributed by atoms with Crippen LogP contribution in [0, 0.1) is 11.8 Å². The van der Waals surface area contributed by atoms with Gasteiger partial charge in [0.2, 0.25) is 5.91 Å². The van der Waals surface area contributed by atoms with E-state index < -0.39 is 0 Å². The predicted molar refractivity (Wildman–Crippen MR) is 57.8 cm³/mol. The molecule has 0 aromatic rings. The van der Waals surface area contributed by atoms with Crippen molar-refractivity contribution in [2.45, 2.75) is 52.1 Å². The van der Waals surface area contributed by atoms with Crippen LogP contribution in [-0.4, -0.2) is 18.0 Å². The lowest BCUT2D eigenvalue weighted by atomic mass is 10.0. The third-order valence-electron chi connectivity index (χ3n) is 2.82. The van der Waals surface area contributed by atoms with Crippen molar-refractivity contribution in [2.24, 2.45) is 17.6 Å². The van der Waals surface area contributed by atoms with Crippen LogP contribution in [0.15, 0.2) is 0 Å². The standard InChI is InChI=1S/C11H22N2O/c1-7(2)10(11(12)14)13-8(3)6-9-4-5-9/h7-10,13H,4-6H2,1-3H3,(H2,12,14). The number of rotatable bonds is 6. The summed E-state index contributed by atoms with van der Waals surface area (Å²) in [4.78, 5) is 11.1. The van der Waals surface area contributed by atoms with E-state index in [1.54, 1.807) is 0 Å². The molecule has 14 heavy (non-hydrogen) atoms. The van der Waals surface area contributed by atoms with Crippen molar-refractivity contribution in [3.05, 3.63) is 0 Å². The Bertz CT molecular complexity index is 199. The Morgan fingerprint density at radius 2 is 2.00 bits per heavy atom. The van der Waals surface area contributed by atoms with E-state index >= 15 is 0 Å². The molecule has 3 N–H and O–H groups in total. The molecule has 3 heteroatoms. The van der Waals surface area contributed by atoms with Gasteiger partial charge < -0.3 is 11.1 Å². The molecule has 0 spiro atoms. The molecule has 1 aliphatic carbocycles. The maximum absolute atomic E-state index is 11.1. The van der Waals surface area contributed by atoms with Crippen molar-refractivity contribution in [3.63, 3.8) is 0 Å². The van der Waals surface area contributed by atoms with E-state index in [9.17, 15) is 4.79 Å². The Hall–Kier alpha value is -0.570. The zero-order valence-electron chi connectivity index (χ0n) is 9.42. The minimum Gasteiger partial charge on any atom is -0.368 e. The monoisotopic (exact) mass is 198 g/mol. The van der Waals surface area contributed by atoms with Crippen molar-refractivity contribution in [1.82, 2.24) is 5.32 Å². The van der Waals surface area contributed by atoms with Gasteiger partial charge in [0, 0.05) is 6.04 Å². The summed E-state index contributed by atoms with van der Waals surface area (Å²) in [5.74, 6) is 0.926. The van der Waals surface area contributed by atoms with Gasteiger partial charge in [0.15, 0.2) is 0 Å². The van der Waals surface area contributed by atoms with Crippen LogP contribution in [-0.2, 0) is 4.79 Å². The maximum atomic E-state index is 11.1. The lowest BCUT2D eigenvalue weighted by Gasteiger charge is -2.23. The lowest BCUT2D eigenvalue weighted by Crippen LogP contribution is -2.48. The van der Waals surface area contributed by atoms with Gasteiger partial charge in [-0.2, -0.15) is 0 Å². The minimum absolute atomic E-state index is 0.177. The summed E-state index contributed by atoms with van der Waals surface area (Å²) < 4.78 is 0. The average Bonchev–Trinajstić information content (AvgIpc) is 2.82. The Morgan fingerprint density at radius 3 is 2.36 bits per heavy atom. The molecule has 0 saturated heterocycles. The van der Waals surface area contributed by atoms with Crippen LogP contribution < -0.4 is 11.1 Å². The summed E-state index contributed by atoms with van der Waals surface area (Å²) >= 11 is 0. The minimum atomic E-state index is -0.234. The van der Waals surface area contributed by atoms with Gasteiger partial charge in [-0.3, -0.25) is 4.79 Å². The van der Waals surface area contributed by atoms with E-state index in [2.05, 4.69) is 12.2 Å². The fourth-order valence-corrected chi connectivity index (χ4v) is 1.83. The maximum Gasteiger partial charge on any atom is 0.234 e. The molecular formula is C11H22N2O. The average molecular weight is 198 g/mol. The van der Waals surface area contributed by atoms with E-state index in [0.29, 0.717) is 6.04 Å². The molecule has 2 unspecified atom stereocenters. The third kappa shape index (κ3) is 3.66. The highest BCUT2D eigenvalue weighted by atomic mass is 16.1. The SMILES string of the molecule is CC(CC1CC1)NC(C(N)=O)C(C)C. The molecule has 0 aromatic carbocycles. The number of carbonyl (C=O) groups is 1. The molecule has 2 atom stereocenters. The van der Waals surface area contributed by atoms with Crippen molar-refractivity contribution >= 4 is 5.91 Å². The first-order valence-corrected chi connectivity index (χ1v) is 5.56. The topological polar surface area (TPSA) is 55.1 Å². The summed E-state index contributed by atoms with van der Waals surface area (Å²) in [5.41, 5.74) is 5.33. The highest BCUT2D eigenvalue weighted by Crippen LogP contribution is 2.33. The fraction of sp³-hybridized carbons (Fsp3) is 0.909. The van der Waals surface area contributed by atoms with Crippen molar-refractivity contribution in [3.8, 4) is 0 Å². The van der Waals surface area contributed by atoms with Crippen molar-refractivity contribution < 1.29 is 4.79 Å². The molecule has 1 rings (SSSR count). The molecule has 0 radical (unpaired) electrons. The summed E-state index contributed by atoms with van der Waals surface area (Å²) in [6.07, 6.45) is 3.89. The molecule has 0 aliphatic heterocycles. The number of primary amides is 1. The molecule has 1 amide bonds. The zero-order valence-corrected chi connectivity index (χ0v) is 9.42. The number of nitrogens with two attached hydrogens (primary N) is 1. The number of nitrogens with one attached hydrogen (secondary N) is 1. The third-order valence-corrected chi connectivity index (χ3v) is 2.82. The Balaban J connectivity index is 2.33. The van der Waals surface area contributed by atoms with Gasteiger partial charge in [-0.15, -0.1) is 0 Å². The molecule has 3 nitrogen and oxygen atoms in total. The number of hydrogen-bond donors (Lipinski definition) is 2. The summed E-state index contributed by atoms with van der Waals surface area (Å²) in [6, 6.07) is 0.228. The van der Waals surface area contributed by atoms with Crippen LogP contribution in [0.2, 0.25) is 0 Å². The van der Waals surface area contributed by atoms with Gasteiger partial charge in [0.1, 0.15) is 0 Å². The Labute approximate surface area is 86.4 Å². The molecule has 1 aliphatic rings. The zero-order chi connectivity index (χ0) is 10.7. The van der Waals surface area contributed by atoms with Crippen LogP contribution in [0.4, 0.5) is 0 Å². The Kier molecular flexibility index (Phi) is 3.93. The van der Waals surface area contributed by atoms with Crippen LogP contribution in [0.5, 0.6) is 0 Å². The number of carbonyl (C=O) groups excluding carboxylic acids is 1. The second-order valence-corrected chi connectivity index (χ2v) is 4.87. The van der Waals surface area contributed by atoms with E-state index in [0.717, 1.165) is 5.92 Å². The first-order chi connectivity index (χ1) is 6.50. The summed E-state index contributed by atoms with van der Waals surface area (Å²) in [5, 5.41) is 3.31. The Morgan fingerprint density at radius 1 is 1.43 bits per heavy atom. The van der Waals surface area contributed by atoms with Gasteiger partial charge in [-0.1, -0.05) is 26.7 Å². The smallest absolute Gasteiger partial charge is 0.234 e. The van der Waals surface area contributed by atoms with Crippen LogP contribution in [0.1, 0.15) is 40.0 Å². The molecule has 0 aromatic heterocycles. The first kappa shape index (κ1) is 11.5. The van der Waals surface area contributed by atoms with Gasteiger partial charge in [0.25, 0.3) is 0 Å². The van der Waals surface area contributed by atoms with Gasteiger partial charge >= 0.3 is 0 Å². The molecule has 1 saturated carbocycles. The first-order valence-electron chi connectivity index (χ1n) is 5.56. The predicted octanol–water partition coefficient (Wildman–Crippen LogP) is 1.27.